The summed E-state index contributed by atoms with van der Waals surface area (Å²) in [4.78, 5) is 4.35. The molecule has 4 heteroatoms. The summed E-state index contributed by atoms with van der Waals surface area (Å²) in [5, 5.41) is 0. The van der Waals surface area contributed by atoms with Gasteiger partial charge in [0.15, 0.2) is 0 Å². The van der Waals surface area contributed by atoms with Crippen molar-refractivity contribution in [3.63, 3.8) is 0 Å². The predicted molar refractivity (Wildman–Crippen MR) is 56.7 cm³/mol. The summed E-state index contributed by atoms with van der Waals surface area (Å²) in [7, 11) is 3.39. The molecule has 0 saturated heterocycles. The molecule has 0 spiro atoms. The zero-order valence-corrected chi connectivity index (χ0v) is 8.77. The third-order valence-electron chi connectivity index (χ3n) is 2.27. The van der Waals surface area contributed by atoms with Gasteiger partial charge in [0.1, 0.15) is 6.10 Å². The van der Waals surface area contributed by atoms with E-state index < -0.39 is 0 Å². The van der Waals surface area contributed by atoms with E-state index in [2.05, 4.69) is 4.99 Å². The summed E-state index contributed by atoms with van der Waals surface area (Å²) in [5.74, 6) is 0. The van der Waals surface area contributed by atoms with Gasteiger partial charge < -0.3 is 15.2 Å². The molecule has 4 nitrogen and oxygen atoms in total. The van der Waals surface area contributed by atoms with E-state index in [4.69, 9.17) is 15.2 Å². The lowest BCUT2D eigenvalue weighted by Crippen LogP contribution is -2.31. The van der Waals surface area contributed by atoms with E-state index in [9.17, 15) is 0 Å². The van der Waals surface area contributed by atoms with E-state index in [1.165, 1.54) is 0 Å². The van der Waals surface area contributed by atoms with Crippen molar-refractivity contribution in [3.8, 4) is 0 Å². The molecule has 0 aromatic carbocycles. The lowest BCUT2D eigenvalue weighted by Gasteiger charge is -2.24. The number of methoxy groups -OCH3 is 2. The molecule has 0 bridgehead atoms. The normalized spacial score (nSPS) is 29.8. The van der Waals surface area contributed by atoms with Crippen LogP contribution >= 0.6 is 0 Å². The van der Waals surface area contributed by atoms with Gasteiger partial charge in [-0.1, -0.05) is 6.08 Å². The molecule has 14 heavy (non-hydrogen) atoms. The Kier molecular flexibility index (Phi) is 4.79. The van der Waals surface area contributed by atoms with Crippen molar-refractivity contribution < 1.29 is 9.47 Å². The number of aliphatic imine (C=N–C) groups is 1. The predicted octanol–water partition coefficient (Wildman–Crippen LogP) is 0.376. The van der Waals surface area contributed by atoms with E-state index in [0.29, 0.717) is 13.1 Å². The fourth-order valence-electron chi connectivity index (χ4n) is 1.46. The van der Waals surface area contributed by atoms with Gasteiger partial charge in [-0.3, -0.25) is 4.99 Å². The van der Waals surface area contributed by atoms with E-state index in [-0.39, 0.29) is 12.2 Å². The number of rotatable bonds is 4. The maximum atomic E-state index is 5.39. The Hall–Kier alpha value is -0.710. The lowest BCUT2D eigenvalue weighted by atomic mass is 10.00. The number of hydrogen-bond donors (Lipinski definition) is 1. The molecule has 0 aromatic heterocycles. The van der Waals surface area contributed by atoms with Gasteiger partial charge in [0.05, 0.1) is 18.4 Å². The van der Waals surface area contributed by atoms with E-state index in [1.54, 1.807) is 14.2 Å². The van der Waals surface area contributed by atoms with Gasteiger partial charge in [-0.15, -0.1) is 0 Å². The van der Waals surface area contributed by atoms with Gasteiger partial charge in [0.25, 0.3) is 0 Å². The third kappa shape index (κ3) is 2.90. The van der Waals surface area contributed by atoms with Crippen LogP contribution in [0.15, 0.2) is 17.1 Å². The monoisotopic (exact) mass is 198 g/mol. The topological polar surface area (TPSA) is 56.8 Å². The second-order valence-electron chi connectivity index (χ2n) is 3.19. The Morgan fingerprint density at radius 1 is 1.50 bits per heavy atom. The summed E-state index contributed by atoms with van der Waals surface area (Å²) in [6.07, 6.45) is 4.97. The first-order valence-corrected chi connectivity index (χ1v) is 4.80. The van der Waals surface area contributed by atoms with Crippen LogP contribution in [0.25, 0.3) is 0 Å². The number of nitrogens with zero attached hydrogens (tertiary/aromatic N) is 1. The molecule has 1 rings (SSSR count). The van der Waals surface area contributed by atoms with Crippen molar-refractivity contribution in [1.29, 1.82) is 0 Å². The molecule has 0 aromatic rings. The molecular formula is C10H18N2O2. The molecule has 0 amide bonds. The van der Waals surface area contributed by atoms with Crippen LogP contribution in [-0.2, 0) is 9.47 Å². The van der Waals surface area contributed by atoms with Gasteiger partial charge >= 0.3 is 0 Å². The molecule has 2 unspecified atom stereocenters. The molecule has 2 N–H and O–H groups in total. The fourth-order valence-corrected chi connectivity index (χ4v) is 1.46. The van der Waals surface area contributed by atoms with E-state index >= 15 is 0 Å². The zero-order chi connectivity index (χ0) is 10.4. The van der Waals surface area contributed by atoms with Crippen LogP contribution in [0.3, 0.4) is 0 Å². The van der Waals surface area contributed by atoms with Crippen molar-refractivity contribution in [1.82, 2.24) is 0 Å². The highest BCUT2D eigenvalue weighted by Gasteiger charge is 2.22. The van der Waals surface area contributed by atoms with Crippen LogP contribution < -0.4 is 5.73 Å². The summed E-state index contributed by atoms with van der Waals surface area (Å²) in [6.45, 7) is 1.22. The summed E-state index contributed by atoms with van der Waals surface area (Å²) in [6, 6.07) is 0. The molecule has 80 valence electrons. The Balaban J connectivity index is 2.65. The van der Waals surface area contributed by atoms with E-state index in [0.717, 1.165) is 12.1 Å². The second-order valence-corrected chi connectivity index (χ2v) is 3.19. The zero-order valence-electron chi connectivity index (χ0n) is 8.77. The molecule has 0 saturated carbocycles. The SMILES string of the molecule is COC1C=CC(=NCCN)C(OC)C1. The first-order chi connectivity index (χ1) is 6.81. The number of ether oxygens (including phenoxy) is 2. The molecule has 1 aliphatic carbocycles. The second kappa shape index (κ2) is 5.90. The van der Waals surface area contributed by atoms with Crippen LogP contribution in [0.2, 0.25) is 0 Å². The Morgan fingerprint density at radius 3 is 2.86 bits per heavy atom. The minimum atomic E-state index is 0.0384. The molecule has 0 radical (unpaired) electrons. The summed E-state index contributed by atoms with van der Waals surface area (Å²) in [5.41, 5.74) is 6.35. The number of hydrogen-bond acceptors (Lipinski definition) is 4. The van der Waals surface area contributed by atoms with Crippen molar-refractivity contribution in [2.45, 2.75) is 18.6 Å². The van der Waals surface area contributed by atoms with Crippen molar-refractivity contribution in [3.05, 3.63) is 12.2 Å². The minimum Gasteiger partial charge on any atom is -0.377 e. The van der Waals surface area contributed by atoms with Crippen molar-refractivity contribution in [2.24, 2.45) is 10.7 Å². The average molecular weight is 198 g/mol. The van der Waals surface area contributed by atoms with Gasteiger partial charge in [0.2, 0.25) is 0 Å². The standard InChI is InChI=1S/C10H18N2O2/c1-13-8-3-4-9(12-6-5-11)10(7-8)14-2/h3-4,8,10H,5-7,11H2,1-2H3. The third-order valence-corrected chi connectivity index (χ3v) is 2.27. The Labute approximate surface area is 84.8 Å². The lowest BCUT2D eigenvalue weighted by molar-refractivity contribution is 0.0708. The van der Waals surface area contributed by atoms with Gasteiger partial charge in [-0.25, -0.2) is 0 Å². The molecule has 2 atom stereocenters. The quantitative estimate of drug-likeness (QED) is 0.710. The molecular weight excluding hydrogens is 180 g/mol. The maximum absolute atomic E-state index is 5.39. The maximum Gasteiger partial charge on any atom is 0.101 e. The Bertz CT molecular complexity index is 226. The summed E-state index contributed by atoms with van der Waals surface area (Å²) < 4.78 is 10.6. The van der Waals surface area contributed by atoms with Crippen LogP contribution in [0.5, 0.6) is 0 Å². The van der Waals surface area contributed by atoms with Gasteiger partial charge in [0, 0.05) is 27.2 Å². The van der Waals surface area contributed by atoms with Crippen molar-refractivity contribution >= 4 is 5.71 Å². The Morgan fingerprint density at radius 2 is 2.29 bits per heavy atom. The molecule has 0 heterocycles. The molecule has 1 aliphatic rings. The average Bonchev–Trinajstić information content (AvgIpc) is 2.26. The largest absolute Gasteiger partial charge is 0.377 e. The van der Waals surface area contributed by atoms with Crippen LogP contribution in [0.4, 0.5) is 0 Å². The molecule has 0 fully saturated rings. The van der Waals surface area contributed by atoms with Gasteiger partial charge in [-0.05, 0) is 6.08 Å². The van der Waals surface area contributed by atoms with Crippen LogP contribution in [0, 0.1) is 0 Å². The van der Waals surface area contributed by atoms with Gasteiger partial charge in [-0.2, -0.15) is 0 Å². The number of nitrogens with two attached hydrogens (primary N) is 1. The first kappa shape index (κ1) is 11.4. The van der Waals surface area contributed by atoms with E-state index in [1.807, 2.05) is 12.2 Å². The smallest absolute Gasteiger partial charge is 0.101 e. The highest BCUT2D eigenvalue weighted by molar-refractivity contribution is 5.99. The highest BCUT2D eigenvalue weighted by atomic mass is 16.5. The highest BCUT2D eigenvalue weighted by Crippen LogP contribution is 2.15. The van der Waals surface area contributed by atoms with Crippen molar-refractivity contribution in [2.75, 3.05) is 27.3 Å². The molecule has 0 aliphatic heterocycles. The minimum absolute atomic E-state index is 0.0384. The fraction of sp³-hybridized carbons (Fsp3) is 0.700. The van der Waals surface area contributed by atoms with Crippen LogP contribution in [-0.4, -0.2) is 45.2 Å². The first-order valence-electron chi connectivity index (χ1n) is 4.80. The van der Waals surface area contributed by atoms with Crippen LogP contribution in [0.1, 0.15) is 6.42 Å². The summed E-state index contributed by atoms with van der Waals surface area (Å²) >= 11 is 0.